The summed E-state index contributed by atoms with van der Waals surface area (Å²) in [5.41, 5.74) is -0.0904. The van der Waals surface area contributed by atoms with Gasteiger partial charge in [-0.05, 0) is 30.6 Å². The average Bonchev–Trinajstić information content (AvgIpc) is 2.42. The van der Waals surface area contributed by atoms with Gasteiger partial charge in [-0.3, -0.25) is 14.5 Å². The highest BCUT2D eigenvalue weighted by molar-refractivity contribution is 7.80. The molecule has 1 aliphatic heterocycles. The molecule has 1 heterocycles. The van der Waals surface area contributed by atoms with Gasteiger partial charge in [0.15, 0.2) is 5.11 Å². The van der Waals surface area contributed by atoms with E-state index >= 15 is 0 Å². The van der Waals surface area contributed by atoms with Crippen LogP contribution in [0.2, 0.25) is 0 Å². The van der Waals surface area contributed by atoms with Crippen LogP contribution in [0.1, 0.15) is 18.9 Å². The van der Waals surface area contributed by atoms with Gasteiger partial charge in [-0.2, -0.15) is 0 Å². The minimum absolute atomic E-state index is 0.173. The first-order chi connectivity index (χ1) is 9.01. The van der Waals surface area contributed by atoms with Crippen molar-refractivity contribution >= 4 is 29.1 Å². The summed E-state index contributed by atoms with van der Waals surface area (Å²) in [7, 11) is 1.60. The van der Waals surface area contributed by atoms with Crippen molar-refractivity contribution in [3.63, 3.8) is 0 Å². The molecule has 0 bridgehead atoms. The monoisotopic (exact) mass is 276 g/mol. The van der Waals surface area contributed by atoms with E-state index in [0.29, 0.717) is 12.8 Å². The third-order valence-electron chi connectivity index (χ3n) is 3.63. The van der Waals surface area contributed by atoms with Gasteiger partial charge in [0.05, 0.1) is 0 Å². The predicted octanol–water partition coefficient (Wildman–Crippen LogP) is 1.50. The second-order valence-corrected chi connectivity index (χ2v) is 5.11. The van der Waals surface area contributed by atoms with Gasteiger partial charge in [-0.1, -0.05) is 37.3 Å². The molecule has 1 atom stereocenters. The molecular formula is C14H16N2O2S. The molecular weight excluding hydrogens is 260 g/mol. The molecule has 1 N–H and O–H groups in total. The predicted molar refractivity (Wildman–Crippen MR) is 76.4 cm³/mol. The molecule has 2 rings (SSSR count). The fraction of sp³-hybridized carbons (Fsp3) is 0.357. The van der Waals surface area contributed by atoms with Gasteiger partial charge in [0.25, 0.3) is 0 Å². The van der Waals surface area contributed by atoms with Crippen molar-refractivity contribution < 1.29 is 9.59 Å². The smallest absolute Gasteiger partial charge is 0.244 e. The first-order valence-corrected chi connectivity index (χ1v) is 6.59. The number of thiocarbonyl (C=S) groups is 1. The van der Waals surface area contributed by atoms with E-state index in [-0.39, 0.29) is 16.9 Å². The zero-order valence-corrected chi connectivity index (χ0v) is 11.8. The number of nitrogens with zero attached hydrogens (tertiary/aromatic N) is 1. The number of hydrogen-bond donors (Lipinski definition) is 1. The normalized spacial score (nSPS) is 23.5. The summed E-state index contributed by atoms with van der Waals surface area (Å²) in [6.07, 6.45) is 0.835. The SMILES string of the molecule is CCC1(Cc2ccccc2)C(=O)NC(=S)N(C)C1=O. The third-order valence-corrected chi connectivity index (χ3v) is 4.00. The van der Waals surface area contributed by atoms with E-state index in [4.69, 9.17) is 12.2 Å². The maximum atomic E-state index is 12.5. The van der Waals surface area contributed by atoms with Crippen LogP contribution in [0.3, 0.4) is 0 Å². The highest BCUT2D eigenvalue weighted by Gasteiger charge is 2.50. The van der Waals surface area contributed by atoms with Gasteiger partial charge in [-0.15, -0.1) is 0 Å². The van der Waals surface area contributed by atoms with Crippen LogP contribution >= 0.6 is 12.2 Å². The van der Waals surface area contributed by atoms with E-state index in [1.165, 1.54) is 4.90 Å². The largest absolute Gasteiger partial charge is 0.302 e. The number of amides is 2. The quantitative estimate of drug-likeness (QED) is 0.672. The maximum absolute atomic E-state index is 12.5. The summed E-state index contributed by atoms with van der Waals surface area (Å²) in [6, 6.07) is 9.55. The third kappa shape index (κ3) is 2.26. The molecule has 5 heteroatoms. The second kappa shape index (κ2) is 5.09. The Morgan fingerprint density at radius 1 is 1.26 bits per heavy atom. The van der Waals surface area contributed by atoms with Gasteiger partial charge in [-0.25, -0.2) is 0 Å². The number of hydrogen-bond acceptors (Lipinski definition) is 3. The summed E-state index contributed by atoms with van der Waals surface area (Å²) in [5, 5.41) is 2.79. The van der Waals surface area contributed by atoms with Crippen LogP contribution in [-0.4, -0.2) is 28.9 Å². The molecule has 0 saturated carbocycles. The van der Waals surface area contributed by atoms with Crippen LogP contribution in [0, 0.1) is 5.41 Å². The van der Waals surface area contributed by atoms with E-state index in [2.05, 4.69) is 5.32 Å². The Morgan fingerprint density at radius 3 is 2.47 bits per heavy atom. The van der Waals surface area contributed by atoms with Gasteiger partial charge >= 0.3 is 0 Å². The molecule has 1 aliphatic rings. The number of carbonyl (C=O) groups is 2. The molecule has 0 aliphatic carbocycles. The zero-order chi connectivity index (χ0) is 14.0. The van der Waals surface area contributed by atoms with Crippen molar-refractivity contribution in [2.24, 2.45) is 5.41 Å². The average molecular weight is 276 g/mol. The summed E-state index contributed by atoms with van der Waals surface area (Å²) >= 11 is 4.97. The van der Waals surface area contributed by atoms with Crippen molar-refractivity contribution in [1.29, 1.82) is 0 Å². The van der Waals surface area contributed by atoms with E-state index in [9.17, 15) is 9.59 Å². The fourth-order valence-electron chi connectivity index (χ4n) is 2.35. The van der Waals surface area contributed by atoms with E-state index < -0.39 is 5.41 Å². The Morgan fingerprint density at radius 2 is 1.89 bits per heavy atom. The Labute approximate surface area is 117 Å². The first kappa shape index (κ1) is 13.7. The first-order valence-electron chi connectivity index (χ1n) is 6.19. The van der Waals surface area contributed by atoms with Crippen LogP contribution in [0.4, 0.5) is 0 Å². The van der Waals surface area contributed by atoms with Crippen LogP contribution in [0.25, 0.3) is 0 Å². The van der Waals surface area contributed by atoms with Crippen LogP contribution < -0.4 is 5.32 Å². The van der Waals surface area contributed by atoms with Gasteiger partial charge in [0, 0.05) is 7.05 Å². The minimum atomic E-state index is -1.06. The van der Waals surface area contributed by atoms with Crippen LogP contribution in [0.5, 0.6) is 0 Å². The van der Waals surface area contributed by atoms with Crippen molar-refractivity contribution in [1.82, 2.24) is 10.2 Å². The molecule has 1 saturated heterocycles. The number of rotatable bonds is 3. The maximum Gasteiger partial charge on any atom is 0.244 e. The van der Waals surface area contributed by atoms with Gasteiger partial charge in [0.2, 0.25) is 11.8 Å². The van der Waals surface area contributed by atoms with E-state index in [0.717, 1.165) is 5.56 Å². The fourth-order valence-corrected chi connectivity index (χ4v) is 2.52. The topological polar surface area (TPSA) is 49.4 Å². The lowest BCUT2D eigenvalue weighted by Crippen LogP contribution is -2.63. The van der Waals surface area contributed by atoms with Crippen molar-refractivity contribution in [3.8, 4) is 0 Å². The van der Waals surface area contributed by atoms with E-state index in [1.54, 1.807) is 7.05 Å². The molecule has 0 radical (unpaired) electrons. The molecule has 1 aromatic carbocycles. The van der Waals surface area contributed by atoms with Crippen molar-refractivity contribution in [2.75, 3.05) is 7.05 Å². The molecule has 0 spiro atoms. The van der Waals surface area contributed by atoms with Gasteiger partial charge < -0.3 is 5.32 Å². The molecule has 100 valence electrons. The second-order valence-electron chi connectivity index (χ2n) is 4.72. The van der Waals surface area contributed by atoms with Crippen LogP contribution in [0.15, 0.2) is 30.3 Å². The Kier molecular flexibility index (Phi) is 3.66. The number of nitrogens with one attached hydrogen (secondary N) is 1. The summed E-state index contributed by atoms with van der Waals surface area (Å²) in [4.78, 5) is 26.1. The van der Waals surface area contributed by atoms with Crippen molar-refractivity contribution in [2.45, 2.75) is 19.8 Å². The van der Waals surface area contributed by atoms with Crippen molar-refractivity contribution in [3.05, 3.63) is 35.9 Å². The summed E-state index contributed by atoms with van der Waals surface area (Å²) in [5.74, 6) is -0.528. The Balaban J connectivity index is 2.38. The lowest BCUT2D eigenvalue weighted by atomic mass is 9.76. The molecule has 19 heavy (non-hydrogen) atoms. The summed E-state index contributed by atoms with van der Waals surface area (Å²) < 4.78 is 0. The highest BCUT2D eigenvalue weighted by atomic mass is 32.1. The lowest BCUT2D eigenvalue weighted by Gasteiger charge is -2.38. The summed E-state index contributed by atoms with van der Waals surface area (Å²) in [6.45, 7) is 1.85. The standard InChI is InChI=1S/C14H16N2O2S/c1-3-14(9-10-7-5-4-6-8-10)11(17)15-13(19)16(2)12(14)18/h4-8H,3,9H2,1-2H3,(H,15,17,19). The zero-order valence-electron chi connectivity index (χ0n) is 11.0. The van der Waals surface area contributed by atoms with Crippen LogP contribution in [-0.2, 0) is 16.0 Å². The highest BCUT2D eigenvalue weighted by Crippen LogP contribution is 2.32. The van der Waals surface area contributed by atoms with Gasteiger partial charge in [0.1, 0.15) is 5.41 Å². The molecule has 4 nitrogen and oxygen atoms in total. The Hall–Kier alpha value is -1.75. The molecule has 1 fully saturated rings. The molecule has 1 unspecified atom stereocenters. The lowest BCUT2D eigenvalue weighted by molar-refractivity contribution is -0.149. The number of carbonyl (C=O) groups excluding carboxylic acids is 2. The molecule has 0 aromatic heterocycles. The van der Waals surface area contributed by atoms with E-state index in [1.807, 2.05) is 37.3 Å². The Bertz CT molecular complexity index is 530. The molecule has 2 amide bonds. The number of benzene rings is 1. The molecule has 1 aromatic rings. The minimum Gasteiger partial charge on any atom is -0.302 e.